The van der Waals surface area contributed by atoms with Crippen molar-refractivity contribution in [1.29, 1.82) is 0 Å². The molecule has 0 radical (unpaired) electrons. The molecular formula is C66H120O6. The molecule has 6 nitrogen and oxygen atoms in total. The molecule has 0 rings (SSSR count). The zero-order chi connectivity index (χ0) is 52.2. The van der Waals surface area contributed by atoms with E-state index in [1.54, 1.807) is 0 Å². The zero-order valence-electron chi connectivity index (χ0n) is 48.2. The predicted octanol–water partition coefficient (Wildman–Crippen LogP) is 21.4. The van der Waals surface area contributed by atoms with Gasteiger partial charge in [-0.1, -0.05) is 307 Å². The molecule has 0 bridgehead atoms. The molecule has 0 fully saturated rings. The highest BCUT2D eigenvalue weighted by molar-refractivity contribution is 5.71. The Hall–Kier alpha value is -2.63. The van der Waals surface area contributed by atoms with Crippen molar-refractivity contribution in [2.24, 2.45) is 0 Å². The lowest BCUT2D eigenvalue weighted by Crippen LogP contribution is -2.30. The summed E-state index contributed by atoms with van der Waals surface area (Å²) in [5, 5.41) is 0. The average Bonchev–Trinajstić information content (AvgIpc) is 3.38. The fourth-order valence-electron chi connectivity index (χ4n) is 9.38. The van der Waals surface area contributed by atoms with Crippen LogP contribution in [0.1, 0.15) is 335 Å². The van der Waals surface area contributed by atoms with Crippen molar-refractivity contribution in [3.8, 4) is 0 Å². The maximum atomic E-state index is 12.8. The smallest absolute Gasteiger partial charge is 0.306 e. The summed E-state index contributed by atoms with van der Waals surface area (Å²) in [4.78, 5) is 37.9. The minimum atomic E-state index is -0.763. The van der Waals surface area contributed by atoms with Crippen LogP contribution in [0.3, 0.4) is 0 Å². The van der Waals surface area contributed by atoms with Gasteiger partial charge in [0.05, 0.1) is 0 Å². The van der Waals surface area contributed by atoms with E-state index in [0.29, 0.717) is 19.3 Å². The van der Waals surface area contributed by atoms with Gasteiger partial charge in [0.25, 0.3) is 0 Å². The molecule has 6 heteroatoms. The van der Waals surface area contributed by atoms with E-state index in [9.17, 15) is 14.4 Å². The maximum Gasteiger partial charge on any atom is 0.306 e. The number of esters is 3. The number of ether oxygens (including phenoxy) is 3. The lowest BCUT2D eigenvalue weighted by Gasteiger charge is -2.18. The first kappa shape index (κ1) is 69.4. The second-order valence-corrected chi connectivity index (χ2v) is 21.3. The van der Waals surface area contributed by atoms with Crippen molar-refractivity contribution in [2.75, 3.05) is 13.2 Å². The fourth-order valence-corrected chi connectivity index (χ4v) is 9.38. The van der Waals surface area contributed by atoms with Crippen LogP contribution in [0.2, 0.25) is 0 Å². The van der Waals surface area contributed by atoms with E-state index in [4.69, 9.17) is 14.2 Å². The molecule has 0 aliphatic carbocycles. The van der Waals surface area contributed by atoms with Gasteiger partial charge in [0, 0.05) is 19.3 Å². The summed E-state index contributed by atoms with van der Waals surface area (Å²) in [6.07, 6.45) is 75.9. The number of carbonyl (C=O) groups excluding carboxylic acids is 3. The van der Waals surface area contributed by atoms with Crippen LogP contribution in [-0.2, 0) is 28.6 Å². The van der Waals surface area contributed by atoms with E-state index in [-0.39, 0.29) is 31.1 Å². The van der Waals surface area contributed by atoms with Crippen molar-refractivity contribution in [3.63, 3.8) is 0 Å². The fraction of sp³-hybridized carbons (Fsp3) is 0.833. The Bertz CT molecular complexity index is 1250. The molecule has 1 unspecified atom stereocenters. The van der Waals surface area contributed by atoms with E-state index in [1.807, 2.05) is 0 Å². The summed E-state index contributed by atoms with van der Waals surface area (Å²) >= 11 is 0. The standard InChI is InChI=1S/C66H120O6/c1-4-7-10-13-16-19-21-22-23-24-25-26-27-28-29-30-31-32-33-34-35-36-37-38-39-40-41-42-43-44-45-48-50-53-56-59-65(68)71-62-63(61-70-64(67)58-55-52-49-46-18-15-12-9-6-3)72-66(69)60-57-54-51-47-20-17-14-11-8-5-2/h7,10,16,19,22-23,25-26,63H,4-6,8-9,11-15,17-18,20-21,24,27-62H2,1-3H3/b10-7-,19-16-,23-22-,26-25-. The van der Waals surface area contributed by atoms with Gasteiger partial charge in [0.15, 0.2) is 6.10 Å². The van der Waals surface area contributed by atoms with Crippen LogP contribution in [0.5, 0.6) is 0 Å². The average molecular weight is 1010 g/mol. The SMILES string of the molecule is CC/C=C\C/C=C\C/C=C\C/C=C\CCCCCCCCCCCCCCCCCCCCCCCCC(=O)OCC(COC(=O)CCCCCCCCCCC)OC(=O)CCCCCCCCCCCC. The minimum absolute atomic E-state index is 0.0657. The van der Waals surface area contributed by atoms with E-state index in [1.165, 1.54) is 212 Å². The summed E-state index contributed by atoms with van der Waals surface area (Å²) in [6.45, 7) is 6.53. The first-order valence-corrected chi connectivity index (χ1v) is 31.6. The first-order valence-electron chi connectivity index (χ1n) is 31.6. The molecule has 0 heterocycles. The van der Waals surface area contributed by atoms with Crippen LogP contribution >= 0.6 is 0 Å². The molecule has 0 N–H and O–H groups in total. The Balaban J connectivity index is 3.89. The predicted molar refractivity (Wildman–Crippen MR) is 312 cm³/mol. The van der Waals surface area contributed by atoms with E-state index >= 15 is 0 Å². The molecule has 0 aliphatic heterocycles. The zero-order valence-corrected chi connectivity index (χ0v) is 48.2. The van der Waals surface area contributed by atoms with E-state index in [0.717, 1.165) is 83.5 Å². The van der Waals surface area contributed by atoms with Gasteiger partial charge in [-0.15, -0.1) is 0 Å². The number of carbonyl (C=O) groups is 3. The summed E-state index contributed by atoms with van der Waals surface area (Å²) in [6, 6.07) is 0. The second-order valence-electron chi connectivity index (χ2n) is 21.3. The van der Waals surface area contributed by atoms with Crippen LogP contribution in [0.25, 0.3) is 0 Å². The van der Waals surface area contributed by atoms with Gasteiger partial charge in [0.2, 0.25) is 0 Å². The molecule has 0 saturated carbocycles. The van der Waals surface area contributed by atoms with Crippen molar-refractivity contribution < 1.29 is 28.6 Å². The quantitative estimate of drug-likeness (QED) is 0.0261. The van der Waals surface area contributed by atoms with Crippen molar-refractivity contribution in [3.05, 3.63) is 48.6 Å². The van der Waals surface area contributed by atoms with Gasteiger partial charge >= 0.3 is 17.9 Å². The summed E-state index contributed by atoms with van der Waals surface area (Å²) < 4.78 is 16.8. The van der Waals surface area contributed by atoms with Gasteiger partial charge in [-0.05, 0) is 57.8 Å². The van der Waals surface area contributed by atoms with E-state index in [2.05, 4.69) is 69.4 Å². The summed E-state index contributed by atoms with van der Waals surface area (Å²) in [5.74, 6) is -0.851. The molecule has 420 valence electrons. The van der Waals surface area contributed by atoms with Gasteiger partial charge in [-0.25, -0.2) is 0 Å². The Kier molecular flexibility index (Phi) is 58.7. The highest BCUT2D eigenvalue weighted by Gasteiger charge is 2.19. The topological polar surface area (TPSA) is 78.9 Å². The molecule has 0 saturated heterocycles. The number of rotatable bonds is 58. The van der Waals surface area contributed by atoms with E-state index < -0.39 is 6.10 Å². The largest absolute Gasteiger partial charge is 0.462 e. The molecular weight excluding hydrogens is 889 g/mol. The first-order chi connectivity index (χ1) is 35.5. The van der Waals surface area contributed by atoms with Gasteiger partial charge in [-0.2, -0.15) is 0 Å². The third kappa shape index (κ3) is 58.3. The summed E-state index contributed by atoms with van der Waals surface area (Å²) in [7, 11) is 0. The van der Waals surface area contributed by atoms with Crippen molar-refractivity contribution in [2.45, 2.75) is 341 Å². The molecule has 1 atom stereocenters. The highest BCUT2D eigenvalue weighted by Crippen LogP contribution is 2.18. The van der Waals surface area contributed by atoms with Crippen LogP contribution in [-0.4, -0.2) is 37.2 Å². The molecule has 0 aromatic carbocycles. The normalized spacial score (nSPS) is 12.3. The monoisotopic (exact) mass is 1010 g/mol. The Morgan fingerprint density at radius 2 is 0.542 bits per heavy atom. The minimum Gasteiger partial charge on any atom is -0.462 e. The van der Waals surface area contributed by atoms with Crippen LogP contribution in [0, 0.1) is 0 Å². The number of unbranched alkanes of at least 4 members (excludes halogenated alkanes) is 39. The molecule has 72 heavy (non-hydrogen) atoms. The van der Waals surface area contributed by atoms with Crippen LogP contribution in [0.15, 0.2) is 48.6 Å². The molecule has 0 aliphatic rings. The third-order valence-electron chi connectivity index (χ3n) is 14.1. The molecule has 0 amide bonds. The Morgan fingerprint density at radius 1 is 0.292 bits per heavy atom. The number of allylic oxidation sites excluding steroid dienone is 8. The third-order valence-corrected chi connectivity index (χ3v) is 14.1. The molecule has 0 aromatic rings. The van der Waals surface area contributed by atoms with Crippen LogP contribution < -0.4 is 0 Å². The second kappa shape index (κ2) is 60.9. The Morgan fingerprint density at radius 3 is 0.847 bits per heavy atom. The Labute approximate surface area is 448 Å². The number of hydrogen-bond acceptors (Lipinski definition) is 6. The van der Waals surface area contributed by atoms with Crippen LogP contribution in [0.4, 0.5) is 0 Å². The number of hydrogen-bond donors (Lipinski definition) is 0. The summed E-state index contributed by atoms with van der Waals surface area (Å²) in [5.41, 5.74) is 0. The highest BCUT2D eigenvalue weighted by atomic mass is 16.6. The molecule has 0 spiro atoms. The van der Waals surface area contributed by atoms with Gasteiger partial charge < -0.3 is 14.2 Å². The lowest BCUT2D eigenvalue weighted by atomic mass is 10.0. The van der Waals surface area contributed by atoms with Gasteiger partial charge in [-0.3, -0.25) is 14.4 Å². The lowest BCUT2D eigenvalue weighted by molar-refractivity contribution is -0.167. The van der Waals surface area contributed by atoms with Crippen molar-refractivity contribution in [1.82, 2.24) is 0 Å². The molecule has 0 aromatic heterocycles. The van der Waals surface area contributed by atoms with Crippen molar-refractivity contribution >= 4 is 17.9 Å². The van der Waals surface area contributed by atoms with Gasteiger partial charge in [0.1, 0.15) is 13.2 Å². The maximum absolute atomic E-state index is 12.8.